The van der Waals surface area contributed by atoms with E-state index in [2.05, 4.69) is 60.6 Å². The van der Waals surface area contributed by atoms with E-state index in [1.165, 1.54) is 11.1 Å². The van der Waals surface area contributed by atoms with E-state index in [0.717, 1.165) is 36.6 Å². The number of aryl methyl sites for hydroxylation is 1. The number of hydrogen-bond acceptors (Lipinski definition) is 4. The van der Waals surface area contributed by atoms with Crippen LogP contribution < -0.4 is 5.32 Å². The van der Waals surface area contributed by atoms with Gasteiger partial charge in [0.2, 0.25) is 0 Å². The lowest BCUT2D eigenvalue weighted by Gasteiger charge is -2.11. The van der Waals surface area contributed by atoms with E-state index in [4.69, 9.17) is 5.11 Å². The smallest absolute Gasteiger partial charge is 0.0646 e. The lowest BCUT2D eigenvalue weighted by molar-refractivity contribution is 0.268. The summed E-state index contributed by atoms with van der Waals surface area (Å²) in [4.78, 5) is 2.20. The minimum Gasteiger partial charge on any atom is -0.394 e. The second-order valence-corrected chi connectivity index (χ2v) is 6.20. The molecule has 2 aromatic rings. The zero-order chi connectivity index (χ0) is 16.8. The van der Waals surface area contributed by atoms with Crippen LogP contribution in [0.2, 0.25) is 0 Å². The van der Waals surface area contributed by atoms with Gasteiger partial charge in [-0.3, -0.25) is 4.68 Å². The molecular formula is C18H28N4O. The minimum absolute atomic E-state index is 0.114. The van der Waals surface area contributed by atoms with Crippen molar-refractivity contribution in [3.05, 3.63) is 46.8 Å². The first-order valence-corrected chi connectivity index (χ1v) is 8.12. The molecule has 0 unspecified atom stereocenters. The molecule has 1 aromatic carbocycles. The summed E-state index contributed by atoms with van der Waals surface area (Å²) >= 11 is 0. The lowest BCUT2D eigenvalue weighted by Crippen LogP contribution is -2.15. The Morgan fingerprint density at radius 1 is 1.17 bits per heavy atom. The van der Waals surface area contributed by atoms with Crippen LogP contribution in [0.3, 0.4) is 0 Å². The molecule has 0 saturated carbocycles. The maximum Gasteiger partial charge on any atom is 0.0646 e. The zero-order valence-electron chi connectivity index (χ0n) is 14.6. The number of benzene rings is 1. The van der Waals surface area contributed by atoms with Crippen molar-refractivity contribution in [3.8, 4) is 0 Å². The van der Waals surface area contributed by atoms with Crippen LogP contribution in [0.1, 0.15) is 22.5 Å². The first-order valence-electron chi connectivity index (χ1n) is 8.12. The topological polar surface area (TPSA) is 53.3 Å². The Morgan fingerprint density at radius 3 is 2.48 bits per heavy atom. The van der Waals surface area contributed by atoms with Gasteiger partial charge in [0.15, 0.2) is 0 Å². The Labute approximate surface area is 138 Å². The van der Waals surface area contributed by atoms with Crippen LogP contribution >= 0.6 is 0 Å². The molecule has 0 aliphatic carbocycles. The summed E-state index contributed by atoms with van der Waals surface area (Å²) in [5, 5.41) is 17.0. The van der Waals surface area contributed by atoms with Gasteiger partial charge in [0.05, 0.1) is 18.8 Å². The molecule has 5 heteroatoms. The van der Waals surface area contributed by atoms with Crippen LogP contribution in [0.5, 0.6) is 0 Å². The normalized spacial score (nSPS) is 11.2. The van der Waals surface area contributed by atoms with Crippen molar-refractivity contribution < 1.29 is 5.11 Å². The van der Waals surface area contributed by atoms with Crippen LogP contribution in [-0.2, 0) is 19.5 Å². The average Bonchev–Trinajstić information content (AvgIpc) is 2.79. The van der Waals surface area contributed by atoms with E-state index in [9.17, 15) is 0 Å². The largest absolute Gasteiger partial charge is 0.394 e. The standard InChI is InChI=1S/C18H28N4O/c1-14-18(15(2)22(20-14)11-12-23)13-19-17-7-5-16(6-8-17)9-10-21(3)4/h5-8,19,23H,9-13H2,1-4H3. The van der Waals surface area contributed by atoms with Crippen molar-refractivity contribution in [2.45, 2.75) is 33.4 Å². The van der Waals surface area contributed by atoms with Gasteiger partial charge in [-0.15, -0.1) is 0 Å². The average molecular weight is 316 g/mol. The van der Waals surface area contributed by atoms with Gasteiger partial charge in [-0.1, -0.05) is 12.1 Å². The van der Waals surface area contributed by atoms with Gasteiger partial charge in [0, 0.05) is 30.0 Å². The number of aliphatic hydroxyl groups is 1. The number of hydrogen-bond donors (Lipinski definition) is 2. The molecule has 0 aliphatic rings. The van der Waals surface area contributed by atoms with Crippen LogP contribution in [0.25, 0.3) is 0 Å². The van der Waals surface area contributed by atoms with E-state index >= 15 is 0 Å². The Morgan fingerprint density at radius 2 is 1.87 bits per heavy atom. The number of likely N-dealkylation sites (N-methyl/N-ethyl adjacent to an activating group) is 1. The van der Waals surface area contributed by atoms with Gasteiger partial charge < -0.3 is 15.3 Å². The maximum absolute atomic E-state index is 9.08. The first kappa shape index (κ1) is 17.5. The fraction of sp³-hybridized carbons (Fsp3) is 0.500. The highest BCUT2D eigenvalue weighted by molar-refractivity contribution is 5.45. The number of aromatic nitrogens is 2. The van der Waals surface area contributed by atoms with Gasteiger partial charge in [-0.2, -0.15) is 5.10 Å². The summed E-state index contributed by atoms with van der Waals surface area (Å²) in [7, 11) is 4.19. The summed E-state index contributed by atoms with van der Waals surface area (Å²) in [6.07, 6.45) is 1.07. The summed E-state index contributed by atoms with van der Waals surface area (Å²) in [6, 6.07) is 8.63. The summed E-state index contributed by atoms with van der Waals surface area (Å²) < 4.78 is 1.87. The van der Waals surface area contributed by atoms with Gasteiger partial charge >= 0.3 is 0 Å². The third-order valence-electron chi connectivity index (χ3n) is 4.11. The quantitative estimate of drug-likeness (QED) is 0.784. The van der Waals surface area contributed by atoms with Crippen LogP contribution in [0.4, 0.5) is 5.69 Å². The third-order valence-corrected chi connectivity index (χ3v) is 4.11. The highest BCUT2D eigenvalue weighted by Gasteiger charge is 2.10. The van der Waals surface area contributed by atoms with E-state index in [1.807, 2.05) is 11.6 Å². The Balaban J connectivity index is 1.96. The lowest BCUT2D eigenvalue weighted by atomic mass is 10.1. The number of nitrogens with one attached hydrogen (secondary N) is 1. The summed E-state index contributed by atoms with van der Waals surface area (Å²) in [5.41, 5.74) is 5.81. The van der Waals surface area contributed by atoms with Crippen LogP contribution in [-0.4, -0.2) is 47.0 Å². The third kappa shape index (κ3) is 4.81. The van der Waals surface area contributed by atoms with E-state index in [0.29, 0.717) is 6.54 Å². The van der Waals surface area contributed by atoms with E-state index in [1.54, 1.807) is 0 Å². The second-order valence-electron chi connectivity index (χ2n) is 6.20. The van der Waals surface area contributed by atoms with Crippen molar-refractivity contribution in [2.24, 2.45) is 0 Å². The predicted octanol–water partition coefficient (Wildman–Crippen LogP) is 2.21. The van der Waals surface area contributed by atoms with Gasteiger partial charge in [-0.25, -0.2) is 0 Å². The highest BCUT2D eigenvalue weighted by Crippen LogP contribution is 2.16. The molecule has 0 atom stereocenters. The summed E-state index contributed by atoms with van der Waals surface area (Å²) in [6.45, 7) is 6.55. The van der Waals surface area contributed by atoms with Crippen molar-refractivity contribution in [3.63, 3.8) is 0 Å². The molecule has 5 nitrogen and oxygen atoms in total. The van der Waals surface area contributed by atoms with Crippen molar-refractivity contribution >= 4 is 5.69 Å². The molecular weight excluding hydrogens is 288 g/mol. The van der Waals surface area contributed by atoms with Gasteiger partial charge in [-0.05, 0) is 52.1 Å². The van der Waals surface area contributed by atoms with Gasteiger partial charge in [0.1, 0.15) is 0 Å². The van der Waals surface area contributed by atoms with Crippen molar-refractivity contribution in [1.82, 2.24) is 14.7 Å². The maximum atomic E-state index is 9.08. The van der Waals surface area contributed by atoms with Crippen molar-refractivity contribution in [2.75, 3.05) is 32.6 Å². The predicted molar refractivity (Wildman–Crippen MR) is 94.8 cm³/mol. The second kappa shape index (κ2) is 8.13. The van der Waals surface area contributed by atoms with Gasteiger partial charge in [0.25, 0.3) is 0 Å². The molecule has 1 heterocycles. The van der Waals surface area contributed by atoms with E-state index in [-0.39, 0.29) is 6.61 Å². The highest BCUT2D eigenvalue weighted by atomic mass is 16.3. The number of rotatable bonds is 8. The molecule has 0 amide bonds. The monoisotopic (exact) mass is 316 g/mol. The molecule has 2 rings (SSSR count). The molecule has 23 heavy (non-hydrogen) atoms. The Bertz CT molecular complexity index is 617. The summed E-state index contributed by atoms with van der Waals surface area (Å²) in [5.74, 6) is 0. The molecule has 0 aliphatic heterocycles. The van der Waals surface area contributed by atoms with E-state index < -0.39 is 0 Å². The van der Waals surface area contributed by atoms with Crippen LogP contribution in [0, 0.1) is 13.8 Å². The first-order chi connectivity index (χ1) is 11.0. The number of anilines is 1. The molecule has 0 fully saturated rings. The molecule has 0 bridgehead atoms. The fourth-order valence-electron chi connectivity index (χ4n) is 2.63. The van der Waals surface area contributed by atoms with Crippen LogP contribution in [0.15, 0.2) is 24.3 Å². The number of aliphatic hydroxyl groups excluding tert-OH is 1. The Hall–Kier alpha value is -1.85. The molecule has 2 N–H and O–H groups in total. The Kier molecular flexibility index (Phi) is 6.19. The molecule has 1 aromatic heterocycles. The van der Waals surface area contributed by atoms with Crippen molar-refractivity contribution in [1.29, 1.82) is 0 Å². The zero-order valence-corrected chi connectivity index (χ0v) is 14.6. The molecule has 0 saturated heterocycles. The fourth-order valence-corrected chi connectivity index (χ4v) is 2.63. The number of nitrogens with zero attached hydrogens (tertiary/aromatic N) is 3. The SMILES string of the molecule is Cc1nn(CCO)c(C)c1CNc1ccc(CCN(C)C)cc1. The molecule has 126 valence electrons. The molecule has 0 spiro atoms. The minimum atomic E-state index is 0.114. The molecule has 0 radical (unpaired) electrons.